The summed E-state index contributed by atoms with van der Waals surface area (Å²) in [5, 5.41) is 19.4. The van der Waals surface area contributed by atoms with Crippen molar-refractivity contribution in [2.75, 3.05) is 0 Å². The van der Waals surface area contributed by atoms with E-state index >= 15 is 0 Å². The molecule has 0 spiro atoms. The third kappa shape index (κ3) is 2.23. The summed E-state index contributed by atoms with van der Waals surface area (Å²) in [6.07, 6.45) is -0.817. The van der Waals surface area contributed by atoms with Gasteiger partial charge in [-0.1, -0.05) is 0 Å². The van der Waals surface area contributed by atoms with Crippen molar-refractivity contribution in [2.45, 2.75) is 24.2 Å². The molecule has 1 N–H and O–H groups in total. The van der Waals surface area contributed by atoms with Gasteiger partial charge >= 0.3 is 11.8 Å². The van der Waals surface area contributed by atoms with Gasteiger partial charge in [0, 0.05) is 12.0 Å². The lowest BCUT2D eigenvalue weighted by Crippen LogP contribution is -2.36. The molecule has 0 fully saturated rings. The minimum absolute atomic E-state index is 0.122. The number of rotatable bonds is 2. The van der Waals surface area contributed by atoms with Gasteiger partial charge in [0.15, 0.2) is 17.3 Å². The van der Waals surface area contributed by atoms with E-state index in [9.17, 15) is 31.9 Å². The van der Waals surface area contributed by atoms with Crippen LogP contribution in [0.3, 0.4) is 0 Å². The number of benzene rings is 2. The number of phenols is 1. The molecule has 11 heteroatoms. The minimum Gasteiger partial charge on any atom is -0.503 e. The van der Waals surface area contributed by atoms with Crippen LogP contribution in [0.4, 0.5) is 22.0 Å². The van der Waals surface area contributed by atoms with E-state index in [0.29, 0.717) is 0 Å². The standard InChI is InChI=1S/C18H10B2F5NO3/c19-12-5(4-26)15(28)16(13(20)14(12)21)29-9-2-1-6-10-7(3-8(27)11(9)10)18(24,25)17(6,22)23/h1-2,7,28H,3,19-20H2. The van der Waals surface area contributed by atoms with Gasteiger partial charge < -0.3 is 9.84 Å². The summed E-state index contributed by atoms with van der Waals surface area (Å²) in [4.78, 5) is 12.3. The summed E-state index contributed by atoms with van der Waals surface area (Å²) in [5.74, 6) is -14.1. The molecule has 0 radical (unpaired) electrons. The zero-order chi connectivity index (χ0) is 21.5. The van der Waals surface area contributed by atoms with Crippen molar-refractivity contribution in [3.05, 3.63) is 40.2 Å². The van der Waals surface area contributed by atoms with Crippen molar-refractivity contribution in [2.24, 2.45) is 0 Å². The van der Waals surface area contributed by atoms with Crippen LogP contribution in [0.5, 0.6) is 17.2 Å². The Morgan fingerprint density at radius 1 is 1.21 bits per heavy atom. The molecule has 0 bridgehead atoms. The van der Waals surface area contributed by atoms with Crippen molar-refractivity contribution in [3.8, 4) is 23.3 Å². The second-order valence-electron chi connectivity index (χ2n) is 7.11. The number of nitriles is 1. The van der Waals surface area contributed by atoms with Gasteiger partial charge in [0.2, 0.25) is 0 Å². The molecular weight excluding hydrogens is 395 g/mol. The van der Waals surface area contributed by atoms with E-state index < -0.39 is 69.5 Å². The van der Waals surface area contributed by atoms with Crippen molar-refractivity contribution >= 4 is 32.4 Å². The fraction of sp³-hybridized carbons (Fsp3) is 0.222. The van der Waals surface area contributed by atoms with Gasteiger partial charge in [-0.3, -0.25) is 4.79 Å². The Morgan fingerprint density at radius 2 is 1.86 bits per heavy atom. The molecule has 0 amide bonds. The summed E-state index contributed by atoms with van der Waals surface area (Å²) >= 11 is 0. The van der Waals surface area contributed by atoms with Gasteiger partial charge in [-0.25, -0.2) is 4.39 Å². The van der Waals surface area contributed by atoms with E-state index in [-0.39, 0.29) is 16.7 Å². The average molecular weight is 405 g/mol. The van der Waals surface area contributed by atoms with E-state index in [4.69, 9.17) is 10.00 Å². The number of hydrogen-bond donors (Lipinski definition) is 1. The predicted molar refractivity (Wildman–Crippen MR) is 96.2 cm³/mol. The SMILES string of the molecule is Bc1c(F)c(B)c(Oc2ccc3c4c2C(=O)CC4C(F)(F)C3(F)F)c(O)c1C#N. The first-order valence-corrected chi connectivity index (χ1v) is 8.50. The first-order valence-electron chi connectivity index (χ1n) is 8.50. The summed E-state index contributed by atoms with van der Waals surface area (Å²) < 4.78 is 76.6. The van der Waals surface area contributed by atoms with Crippen LogP contribution in [0, 0.1) is 17.1 Å². The highest BCUT2D eigenvalue weighted by molar-refractivity contribution is 6.41. The number of carbonyl (C=O) groups excluding carboxylic acids is 1. The van der Waals surface area contributed by atoms with Gasteiger partial charge in [-0.05, 0) is 28.6 Å². The van der Waals surface area contributed by atoms with Crippen LogP contribution >= 0.6 is 0 Å². The van der Waals surface area contributed by atoms with Crippen LogP contribution in [-0.4, -0.2) is 32.5 Å². The smallest absolute Gasteiger partial charge is 0.336 e. The molecule has 2 aliphatic carbocycles. The lowest BCUT2D eigenvalue weighted by molar-refractivity contribution is -0.214. The minimum atomic E-state index is -4.44. The van der Waals surface area contributed by atoms with E-state index in [1.807, 2.05) is 0 Å². The summed E-state index contributed by atoms with van der Waals surface area (Å²) in [7, 11) is 2.52. The van der Waals surface area contributed by atoms with Crippen molar-refractivity contribution in [1.29, 1.82) is 5.26 Å². The first-order chi connectivity index (χ1) is 13.4. The van der Waals surface area contributed by atoms with Crippen LogP contribution in [-0.2, 0) is 5.92 Å². The highest BCUT2D eigenvalue weighted by Gasteiger charge is 2.71. The number of carbonyl (C=O) groups is 1. The Morgan fingerprint density at radius 3 is 2.48 bits per heavy atom. The first kappa shape index (κ1) is 19.3. The molecular formula is C18H10B2F5NO3. The van der Waals surface area contributed by atoms with Gasteiger partial charge in [-0.2, -0.15) is 22.8 Å². The summed E-state index contributed by atoms with van der Waals surface area (Å²) in [6, 6.07) is 3.28. The molecule has 2 aromatic rings. The van der Waals surface area contributed by atoms with E-state index in [1.165, 1.54) is 15.7 Å². The van der Waals surface area contributed by atoms with Crippen molar-refractivity contribution in [3.63, 3.8) is 0 Å². The molecule has 4 rings (SSSR count). The van der Waals surface area contributed by atoms with Gasteiger partial charge in [0.25, 0.3) is 0 Å². The lowest BCUT2D eigenvalue weighted by Gasteiger charge is -2.23. The monoisotopic (exact) mass is 405 g/mol. The Balaban J connectivity index is 1.92. The van der Waals surface area contributed by atoms with E-state index in [0.717, 1.165) is 12.1 Å². The Labute approximate surface area is 162 Å². The number of hydrogen-bond acceptors (Lipinski definition) is 4. The normalized spacial score (nSPS) is 20.4. The molecule has 0 saturated heterocycles. The number of ketones is 1. The number of aromatic hydroxyl groups is 1. The van der Waals surface area contributed by atoms with Crippen molar-refractivity contribution in [1.82, 2.24) is 0 Å². The molecule has 4 nitrogen and oxygen atoms in total. The summed E-state index contributed by atoms with van der Waals surface area (Å²) in [5.41, 5.74) is -2.60. The fourth-order valence-electron chi connectivity index (χ4n) is 4.04. The third-order valence-corrected chi connectivity index (χ3v) is 5.57. The Kier molecular flexibility index (Phi) is 3.83. The zero-order valence-corrected chi connectivity index (χ0v) is 15.0. The van der Waals surface area contributed by atoms with E-state index in [1.54, 1.807) is 6.07 Å². The topological polar surface area (TPSA) is 70.3 Å². The van der Waals surface area contributed by atoms with Crippen molar-refractivity contribution < 1.29 is 36.6 Å². The number of Topliss-reactive ketones (excluding diaryl/α,β-unsaturated/α-hetero) is 1. The molecule has 1 atom stereocenters. The maximum absolute atomic E-state index is 14.4. The predicted octanol–water partition coefficient (Wildman–Crippen LogP) is 1.12. The molecule has 29 heavy (non-hydrogen) atoms. The number of halogens is 5. The fourth-order valence-corrected chi connectivity index (χ4v) is 4.04. The Hall–Kier alpha value is -3.02. The highest BCUT2D eigenvalue weighted by Crippen LogP contribution is 2.64. The zero-order valence-electron chi connectivity index (χ0n) is 15.0. The van der Waals surface area contributed by atoms with Crippen LogP contribution in [0.25, 0.3) is 0 Å². The molecule has 1 unspecified atom stereocenters. The van der Waals surface area contributed by atoms with Crippen LogP contribution in [0.15, 0.2) is 12.1 Å². The van der Waals surface area contributed by atoms with Crippen LogP contribution in [0.1, 0.15) is 39.4 Å². The number of ether oxygens (including phenoxy) is 1. The number of phenolic OH excluding ortho intramolecular Hbond substituents is 1. The maximum atomic E-state index is 14.4. The van der Waals surface area contributed by atoms with E-state index in [2.05, 4.69) is 0 Å². The molecule has 146 valence electrons. The maximum Gasteiger partial charge on any atom is 0.336 e. The third-order valence-electron chi connectivity index (χ3n) is 5.57. The second-order valence-corrected chi connectivity index (χ2v) is 7.11. The highest BCUT2D eigenvalue weighted by atomic mass is 19.3. The molecule has 0 heterocycles. The van der Waals surface area contributed by atoms with Gasteiger partial charge in [0.05, 0.1) is 17.0 Å². The molecule has 2 aromatic carbocycles. The largest absolute Gasteiger partial charge is 0.503 e. The van der Waals surface area contributed by atoms with Crippen LogP contribution in [0.2, 0.25) is 0 Å². The molecule has 0 saturated carbocycles. The Bertz CT molecular complexity index is 1160. The molecule has 0 aromatic heterocycles. The summed E-state index contributed by atoms with van der Waals surface area (Å²) in [6.45, 7) is 0. The molecule has 0 aliphatic heterocycles. The number of alkyl halides is 4. The molecule has 2 aliphatic rings. The van der Waals surface area contributed by atoms with Gasteiger partial charge in [0.1, 0.15) is 33.3 Å². The quantitative estimate of drug-likeness (QED) is 0.601. The lowest BCUT2D eigenvalue weighted by atomic mass is 9.82. The average Bonchev–Trinajstić information content (AvgIpc) is 3.08. The number of nitrogens with zero attached hydrogens (tertiary/aromatic N) is 1. The van der Waals surface area contributed by atoms with Gasteiger partial charge in [-0.15, -0.1) is 0 Å². The second kappa shape index (κ2) is 5.75. The van der Waals surface area contributed by atoms with Crippen LogP contribution < -0.4 is 15.7 Å².